The Morgan fingerprint density at radius 2 is 1.59 bits per heavy atom. The average Bonchev–Trinajstić information content (AvgIpc) is 2.99. The normalized spacial score (nSPS) is 11.4. The summed E-state index contributed by atoms with van der Waals surface area (Å²) in [6, 6.07) is 22.5. The molecule has 39 heavy (non-hydrogen) atoms. The van der Waals surface area contributed by atoms with Gasteiger partial charge >= 0.3 is 0 Å². The molecule has 0 fully saturated rings. The van der Waals surface area contributed by atoms with Gasteiger partial charge in [-0.3, -0.25) is 9.59 Å². The van der Waals surface area contributed by atoms with Crippen LogP contribution in [0.1, 0.15) is 44.8 Å². The fraction of sp³-hybridized carbons (Fsp3) is 0.226. The molecule has 0 saturated heterocycles. The Labute approximate surface area is 228 Å². The molecule has 0 spiro atoms. The van der Waals surface area contributed by atoms with E-state index in [2.05, 4.69) is 15.3 Å². The van der Waals surface area contributed by atoms with E-state index in [9.17, 15) is 9.59 Å². The molecule has 4 aromatic rings. The van der Waals surface area contributed by atoms with Crippen LogP contribution >= 0.6 is 0 Å². The number of aromatic nitrogens is 2. The van der Waals surface area contributed by atoms with Crippen LogP contribution in [0.5, 0.6) is 11.5 Å². The molecular formula is C31H32N4O4. The molecule has 2 amide bonds. The van der Waals surface area contributed by atoms with Crippen LogP contribution in [0.3, 0.4) is 0 Å². The number of carbonyl (C=O) groups is 2. The van der Waals surface area contributed by atoms with Crippen molar-refractivity contribution in [2.45, 2.75) is 19.4 Å². The van der Waals surface area contributed by atoms with Crippen LogP contribution in [0, 0.1) is 0 Å². The number of hydrogen-bond acceptors (Lipinski definition) is 6. The first-order valence-corrected chi connectivity index (χ1v) is 12.6. The summed E-state index contributed by atoms with van der Waals surface area (Å²) in [6.07, 6.45) is 3.66. The Kier molecular flexibility index (Phi) is 8.89. The molecule has 0 saturated carbocycles. The second-order valence-electron chi connectivity index (χ2n) is 9.15. The highest BCUT2D eigenvalue weighted by Crippen LogP contribution is 2.28. The van der Waals surface area contributed by atoms with Crippen LogP contribution in [-0.2, 0) is 6.42 Å². The summed E-state index contributed by atoms with van der Waals surface area (Å²) >= 11 is 0. The minimum Gasteiger partial charge on any atom is -0.493 e. The van der Waals surface area contributed by atoms with E-state index in [0.717, 1.165) is 11.1 Å². The molecule has 4 rings (SSSR count). The maximum absolute atomic E-state index is 13.1. The predicted octanol–water partition coefficient (Wildman–Crippen LogP) is 4.97. The van der Waals surface area contributed by atoms with E-state index in [4.69, 9.17) is 9.47 Å². The molecule has 1 N–H and O–H groups in total. The average molecular weight is 525 g/mol. The summed E-state index contributed by atoms with van der Waals surface area (Å²) in [5, 5.41) is 2.96. The number of likely N-dealkylation sites (N-methyl/N-ethyl adjacent to an activating group) is 1. The molecule has 200 valence electrons. The first kappa shape index (κ1) is 27.3. The predicted molar refractivity (Wildman–Crippen MR) is 150 cm³/mol. The Morgan fingerprint density at radius 1 is 0.872 bits per heavy atom. The van der Waals surface area contributed by atoms with Gasteiger partial charge < -0.3 is 19.7 Å². The molecule has 0 radical (unpaired) electrons. The summed E-state index contributed by atoms with van der Waals surface area (Å²) in [5.41, 5.74) is 3.64. The fourth-order valence-corrected chi connectivity index (χ4v) is 4.15. The van der Waals surface area contributed by atoms with Gasteiger partial charge in [0.1, 0.15) is 0 Å². The zero-order chi connectivity index (χ0) is 27.8. The minimum atomic E-state index is -0.252. The summed E-state index contributed by atoms with van der Waals surface area (Å²) in [7, 11) is 4.97. The van der Waals surface area contributed by atoms with Gasteiger partial charge in [-0.05, 0) is 48.7 Å². The van der Waals surface area contributed by atoms with Crippen LogP contribution in [0.25, 0.3) is 11.4 Å². The van der Waals surface area contributed by atoms with Gasteiger partial charge in [-0.25, -0.2) is 9.97 Å². The van der Waals surface area contributed by atoms with Gasteiger partial charge in [0.05, 0.1) is 25.8 Å². The number of carbonyl (C=O) groups excluding carboxylic acids is 2. The highest BCUT2D eigenvalue weighted by molar-refractivity contribution is 5.95. The number of methoxy groups -OCH3 is 2. The lowest BCUT2D eigenvalue weighted by Crippen LogP contribution is -2.28. The number of rotatable bonds is 10. The lowest BCUT2D eigenvalue weighted by atomic mass is 10.1. The van der Waals surface area contributed by atoms with E-state index in [1.54, 1.807) is 44.4 Å². The van der Waals surface area contributed by atoms with Crippen LogP contribution in [0.4, 0.5) is 0 Å². The van der Waals surface area contributed by atoms with Gasteiger partial charge in [0, 0.05) is 37.1 Å². The van der Waals surface area contributed by atoms with Crippen molar-refractivity contribution in [2.75, 3.05) is 27.8 Å². The van der Waals surface area contributed by atoms with E-state index in [1.807, 2.05) is 61.5 Å². The van der Waals surface area contributed by atoms with Crippen molar-refractivity contribution in [2.24, 2.45) is 0 Å². The van der Waals surface area contributed by atoms with Crippen molar-refractivity contribution in [3.05, 3.63) is 107 Å². The number of hydrogen-bond donors (Lipinski definition) is 1. The standard InChI is InChI=1S/C31H32N4O4/c1-21(23-9-6-5-7-10-23)34-30(36)26-19-32-29(33-20-26)24-11-8-12-25(18-24)31(37)35(2)16-15-22-13-14-27(38-3)28(17-22)39-4/h5-14,17-21H,15-16H2,1-4H3,(H,34,36). The van der Waals surface area contributed by atoms with Crippen LogP contribution < -0.4 is 14.8 Å². The third kappa shape index (κ3) is 6.78. The number of benzene rings is 3. The Balaban J connectivity index is 1.39. The Morgan fingerprint density at radius 3 is 2.28 bits per heavy atom. The molecule has 0 aliphatic heterocycles. The molecule has 0 aliphatic rings. The number of nitrogens with one attached hydrogen (secondary N) is 1. The summed E-state index contributed by atoms with van der Waals surface area (Å²) < 4.78 is 10.7. The Hall–Kier alpha value is -4.72. The van der Waals surface area contributed by atoms with Gasteiger partial charge in [-0.2, -0.15) is 0 Å². The lowest BCUT2D eigenvalue weighted by molar-refractivity contribution is 0.0796. The highest BCUT2D eigenvalue weighted by atomic mass is 16.5. The quantitative estimate of drug-likeness (QED) is 0.315. The van der Waals surface area contributed by atoms with Crippen molar-refractivity contribution in [1.29, 1.82) is 0 Å². The summed E-state index contributed by atoms with van der Waals surface area (Å²) in [4.78, 5) is 36.2. The molecule has 0 aliphatic carbocycles. The fourth-order valence-electron chi connectivity index (χ4n) is 4.15. The topological polar surface area (TPSA) is 93.7 Å². The highest BCUT2D eigenvalue weighted by Gasteiger charge is 2.16. The first-order chi connectivity index (χ1) is 18.9. The molecule has 1 atom stereocenters. The van der Waals surface area contributed by atoms with Gasteiger partial charge in [0.2, 0.25) is 0 Å². The molecule has 8 heteroatoms. The minimum absolute atomic E-state index is 0.108. The van der Waals surface area contributed by atoms with E-state index in [1.165, 1.54) is 12.4 Å². The molecule has 8 nitrogen and oxygen atoms in total. The largest absolute Gasteiger partial charge is 0.493 e. The SMILES string of the molecule is COc1ccc(CCN(C)C(=O)c2cccc(-c3ncc(C(=O)NC(C)c4ccccc4)cn3)c2)cc1OC. The summed E-state index contributed by atoms with van der Waals surface area (Å²) in [5.74, 6) is 1.40. The number of nitrogens with zero attached hydrogens (tertiary/aromatic N) is 3. The molecular weight excluding hydrogens is 492 g/mol. The third-order valence-corrected chi connectivity index (χ3v) is 6.46. The van der Waals surface area contributed by atoms with Crippen LogP contribution in [0.2, 0.25) is 0 Å². The number of ether oxygens (including phenoxy) is 2. The zero-order valence-electron chi connectivity index (χ0n) is 22.5. The lowest BCUT2D eigenvalue weighted by Gasteiger charge is -2.18. The van der Waals surface area contributed by atoms with Crippen LogP contribution in [0.15, 0.2) is 85.2 Å². The van der Waals surface area contributed by atoms with E-state index in [0.29, 0.717) is 47.0 Å². The second-order valence-corrected chi connectivity index (χ2v) is 9.15. The second kappa shape index (κ2) is 12.7. The monoisotopic (exact) mass is 524 g/mol. The van der Waals surface area contributed by atoms with E-state index < -0.39 is 0 Å². The smallest absolute Gasteiger partial charge is 0.254 e. The Bertz CT molecular complexity index is 1420. The molecule has 1 aromatic heterocycles. The van der Waals surface area contributed by atoms with Gasteiger partial charge in [0.25, 0.3) is 11.8 Å². The molecule has 3 aromatic carbocycles. The molecule has 1 heterocycles. The van der Waals surface area contributed by atoms with E-state index >= 15 is 0 Å². The van der Waals surface area contributed by atoms with Gasteiger partial charge in [0.15, 0.2) is 17.3 Å². The van der Waals surface area contributed by atoms with E-state index in [-0.39, 0.29) is 17.9 Å². The zero-order valence-corrected chi connectivity index (χ0v) is 22.5. The van der Waals surface area contributed by atoms with Crippen molar-refractivity contribution >= 4 is 11.8 Å². The third-order valence-electron chi connectivity index (χ3n) is 6.46. The van der Waals surface area contributed by atoms with Gasteiger partial charge in [-0.1, -0.05) is 48.5 Å². The molecule has 1 unspecified atom stereocenters. The van der Waals surface area contributed by atoms with Crippen molar-refractivity contribution in [1.82, 2.24) is 20.2 Å². The maximum atomic E-state index is 13.1. The van der Waals surface area contributed by atoms with Crippen LogP contribution in [-0.4, -0.2) is 54.5 Å². The van der Waals surface area contributed by atoms with Crippen molar-refractivity contribution in [3.63, 3.8) is 0 Å². The summed E-state index contributed by atoms with van der Waals surface area (Å²) in [6.45, 7) is 2.45. The van der Waals surface area contributed by atoms with Crippen molar-refractivity contribution < 1.29 is 19.1 Å². The maximum Gasteiger partial charge on any atom is 0.254 e. The van der Waals surface area contributed by atoms with Crippen molar-refractivity contribution in [3.8, 4) is 22.9 Å². The number of amides is 2. The van der Waals surface area contributed by atoms with Gasteiger partial charge in [-0.15, -0.1) is 0 Å². The first-order valence-electron chi connectivity index (χ1n) is 12.6. The molecule has 0 bridgehead atoms.